The fourth-order valence-electron chi connectivity index (χ4n) is 2.98. The molecular weight excluding hydrogens is 244 g/mol. The van der Waals surface area contributed by atoms with Gasteiger partial charge in [-0.1, -0.05) is 25.7 Å². The molecule has 0 atom stereocenters. The maximum absolute atomic E-state index is 12.1. The molecule has 0 saturated heterocycles. The number of carboxylic acid groups (broad SMARTS) is 1. The summed E-state index contributed by atoms with van der Waals surface area (Å²) in [5.74, 6) is -0.827. The van der Waals surface area contributed by atoms with Crippen LogP contribution in [0.25, 0.3) is 0 Å². The maximum Gasteiger partial charge on any atom is 0.311 e. The van der Waals surface area contributed by atoms with Gasteiger partial charge in [-0.05, 0) is 25.7 Å². The van der Waals surface area contributed by atoms with E-state index in [4.69, 9.17) is 5.73 Å². The molecule has 4 N–H and O–H groups in total. The van der Waals surface area contributed by atoms with Gasteiger partial charge in [-0.2, -0.15) is 0 Å². The van der Waals surface area contributed by atoms with Crippen molar-refractivity contribution in [3.8, 4) is 0 Å². The summed E-state index contributed by atoms with van der Waals surface area (Å²) in [7, 11) is 0. The topological polar surface area (TPSA) is 92.4 Å². The van der Waals surface area contributed by atoms with Crippen molar-refractivity contribution in [3.05, 3.63) is 0 Å². The summed E-state index contributed by atoms with van der Waals surface area (Å²) in [6.07, 6.45) is 7.04. The molecule has 2 aliphatic carbocycles. The van der Waals surface area contributed by atoms with Crippen molar-refractivity contribution in [2.75, 3.05) is 13.1 Å². The van der Waals surface area contributed by atoms with Crippen LogP contribution in [0.5, 0.6) is 0 Å². The van der Waals surface area contributed by atoms with Crippen molar-refractivity contribution in [2.24, 2.45) is 16.6 Å². The molecular formula is C14H24N2O3. The Morgan fingerprint density at radius 2 is 1.58 bits per heavy atom. The molecule has 0 bridgehead atoms. The highest BCUT2D eigenvalue weighted by molar-refractivity contribution is 5.86. The van der Waals surface area contributed by atoms with Crippen molar-refractivity contribution < 1.29 is 14.7 Å². The van der Waals surface area contributed by atoms with Crippen molar-refractivity contribution in [1.29, 1.82) is 0 Å². The average molecular weight is 268 g/mol. The molecule has 0 aromatic rings. The van der Waals surface area contributed by atoms with E-state index in [0.29, 0.717) is 19.4 Å². The highest BCUT2D eigenvalue weighted by Crippen LogP contribution is 2.45. The summed E-state index contributed by atoms with van der Waals surface area (Å²) in [4.78, 5) is 23.7. The van der Waals surface area contributed by atoms with E-state index in [0.717, 1.165) is 38.5 Å². The molecule has 0 radical (unpaired) electrons. The minimum Gasteiger partial charge on any atom is -0.481 e. The second-order valence-electron chi connectivity index (χ2n) is 6.17. The van der Waals surface area contributed by atoms with Gasteiger partial charge in [0.15, 0.2) is 0 Å². The molecule has 1 amide bonds. The predicted molar refractivity (Wildman–Crippen MR) is 71.5 cm³/mol. The third-order valence-electron chi connectivity index (χ3n) is 4.83. The summed E-state index contributed by atoms with van der Waals surface area (Å²) in [6.45, 7) is 0.613. The SMILES string of the molecule is NCC1(C(=O)NCC2(C(=O)O)CCCCCC2)CC1. The van der Waals surface area contributed by atoms with E-state index in [1.807, 2.05) is 0 Å². The molecule has 2 rings (SSSR count). The van der Waals surface area contributed by atoms with Gasteiger partial charge >= 0.3 is 5.97 Å². The van der Waals surface area contributed by atoms with E-state index in [9.17, 15) is 14.7 Å². The number of rotatable bonds is 5. The standard InChI is InChI=1S/C14H24N2O3/c15-9-13(7-8-13)11(17)16-10-14(12(18)19)5-3-1-2-4-6-14/h1-10,15H2,(H,16,17)(H,18,19). The Bertz CT molecular complexity index is 356. The van der Waals surface area contributed by atoms with Gasteiger partial charge in [0, 0.05) is 13.1 Å². The Morgan fingerprint density at radius 3 is 2.00 bits per heavy atom. The molecule has 5 heteroatoms. The van der Waals surface area contributed by atoms with E-state index < -0.39 is 16.8 Å². The lowest BCUT2D eigenvalue weighted by Gasteiger charge is -2.29. The van der Waals surface area contributed by atoms with Gasteiger partial charge < -0.3 is 16.2 Å². The van der Waals surface area contributed by atoms with Crippen molar-refractivity contribution in [1.82, 2.24) is 5.32 Å². The summed E-state index contributed by atoms with van der Waals surface area (Å²) in [5, 5.41) is 12.4. The van der Waals surface area contributed by atoms with Crippen LogP contribution in [0.1, 0.15) is 51.4 Å². The summed E-state index contributed by atoms with van der Waals surface area (Å²) in [6, 6.07) is 0. The van der Waals surface area contributed by atoms with Gasteiger partial charge in [-0.25, -0.2) is 0 Å². The van der Waals surface area contributed by atoms with E-state index in [1.165, 1.54) is 0 Å². The molecule has 0 unspecified atom stereocenters. The fraction of sp³-hybridized carbons (Fsp3) is 0.857. The monoisotopic (exact) mass is 268 g/mol. The zero-order chi connectivity index (χ0) is 13.9. The quantitative estimate of drug-likeness (QED) is 0.655. The molecule has 5 nitrogen and oxygen atoms in total. The van der Waals surface area contributed by atoms with E-state index in [1.54, 1.807) is 0 Å². The van der Waals surface area contributed by atoms with E-state index in [2.05, 4.69) is 5.32 Å². The molecule has 0 aromatic carbocycles. The highest BCUT2D eigenvalue weighted by atomic mass is 16.4. The molecule has 0 aliphatic heterocycles. The number of carbonyl (C=O) groups is 2. The van der Waals surface area contributed by atoms with Gasteiger partial charge in [0.2, 0.25) is 5.91 Å². The van der Waals surface area contributed by atoms with Crippen LogP contribution in [0.15, 0.2) is 0 Å². The first kappa shape index (κ1) is 14.3. The molecule has 2 saturated carbocycles. The van der Waals surface area contributed by atoms with Crippen LogP contribution < -0.4 is 11.1 Å². The minimum absolute atomic E-state index is 0.0557. The van der Waals surface area contributed by atoms with Crippen LogP contribution in [0.3, 0.4) is 0 Å². The van der Waals surface area contributed by atoms with E-state index >= 15 is 0 Å². The van der Waals surface area contributed by atoms with Crippen LogP contribution in [0, 0.1) is 10.8 Å². The Labute approximate surface area is 113 Å². The summed E-state index contributed by atoms with van der Waals surface area (Å²) in [5.41, 5.74) is 4.45. The van der Waals surface area contributed by atoms with E-state index in [-0.39, 0.29) is 12.5 Å². The van der Waals surface area contributed by atoms with Gasteiger partial charge in [-0.3, -0.25) is 9.59 Å². The fourth-order valence-corrected chi connectivity index (χ4v) is 2.98. The molecule has 2 fully saturated rings. The van der Waals surface area contributed by atoms with Gasteiger partial charge in [0.1, 0.15) is 0 Å². The second kappa shape index (κ2) is 5.49. The zero-order valence-corrected chi connectivity index (χ0v) is 11.4. The predicted octanol–water partition coefficient (Wildman–Crippen LogP) is 1.27. The molecule has 2 aliphatic rings. The normalized spacial score (nSPS) is 24.3. The first-order valence-electron chi connectivity index (χ1n) is 7.26. The molecule has 19 heavy (non-hydrogen) atoms. The highest BCUT2D eigenvalue weighted by Gasteiger charge is 2.49. The third-order valence-corrected chi connectivity index (χ3v) is 4.83. The Morgan fingerprint density at radius 1 is 1.00 bits per heavy atom. The maximum atomic E-state index is 12.1. The van der Waals surface area contributed by atoms with Crippen molar-refractivity contribution in [2.45, 2.75) is 51.4 Å². The Kier molecular flexibility index (Phi) is 4.13. The number of aliphatic carboxylic acids is 1. The third kappa shape index (κ3) is 2.91. The van der Waals surface area contributed by atoms with Crippen LogP contribution >= 0.6 is 0 Å². The van der Waals surface area contributed by atoms with Gasteiger partial charge in [0.05, 0.1) is 10.8 Å². The number of hydrogen-bond acceptors (Lipinski definition) is 3. The van der Waals surface area contributed by atoms with Crippen molar-refractivity contribution >= 4 is 11.9 Å². The lowest BCUT2D eigenvalue weighted by Crippen LogP contribution is -2.46. The first-order valence-corrected chi connectivity index (χ1v) is 7.26. The number of nitrogens with two attached hydrogens (primary N) is 1. The van der Waals surface area contributed by atoms with Crippen LogP contribution in [0.2, 0.25) is 0 Å². The summed E-state index contributed by atoms with van der Waals surface area (Å²) >= 11 is 0. The number of hydrogen-bond donors (Lipinski definition) is 3. The average Bonchev–Trinajstić information content (AvgIpc) is 3.21. The first-order chi connectivity index (χ1) is 9.05. The molecule has 108 valence electrons. The lowest BCUT2D eigenvalue weighted by atomic mass is 9.80. The van der Waals surface area contributed by atoms with Crippen LogP contribution in [-0.4, -0.2) is 30.1 Å². The number of nitrogens with one attached hydrogen (secondary N) is 1. The second-order valence-corrected chi connectivity index (χ2v) is 6.17. The number of amides is 1. The summed E-state index contributed by atoms with van der Waals surface area (Å²) < 4.78 is 0. The largest absolute Gasteiger partial charge is 0.481 e. The van der Waals surface area contributed by atoms with Gasteiger partial charge in [-0.15, -0.1) is 0 Å². The van der Waals surface area contributed by atoms with Crippen LogP contribution in [0.4, 0.5) is 0 Å². The number of carboxylic acids is 1. The Balaban J connectivity index is 1.97. The Hall–Kier alpha value is -1.10. The molecule has 0 spiro atoms. The lowest BCUT2D eigenvalue weighted by molar-refractivity contribution is -0.150. The molecule has 0 heterocycles. The van der Waals surface area contributed by atoms with Gasteiger partial charge in [0.25, 0.3) is 0 Å². The van der Waals surface area contributed by atoms with Crippen LogP contribution in [-0.2, 0) is 9.59 Å². The zero-order valence-electron chi connectivity index (χ0n) is 11.4. The number of carbonyl (C=O) groups excluding carboxylic acids is 1. The molecule has 0 aromatic heterocycles. The smallest absolute Gasteiger partial charge is 0.311 e. The van der Waals surface area contributed by atoms with Crippen molar-refractivity contribution in [3.63, 3.8) is 0 Å². The minimum atomic E-state index is -0.771.